The molecule has 2 rings (SSSR count). The molecular formula is C15H16BrN5. The number of rotatable bonds is 5. The predicted octanol–water partition coefficient (Wildman–Crippen LogP) is 3.98. The molecule has 0 atom stereocenters. The molecule has 0 saturated heterocycles. The van der Waals surface area contributed by atoms with Crippen molar-refractivity contribution in [3.63, 3.8) is 0 Å². The number of halogens is 1. The molecule has 108 valence electrons. The summed E-state index contributed by atoms with van der Waals surface area (Å²) in [4.78, 5) is 8.69. The van der Waals surface area contributed by atoms with Gasteiger partial charge in [0.15, 0.2) is 0 Å². The largest absolute Gasteiger partial charge is 0.370 e. The van der Waals surface area contributed by atoms with Gasteiger partial charge >= 0.3 is 0 Å². The van der Waals surface area contributed by atoms with Crippen LogP contribution in [-0.2, 0) is 0 Å². The minimum absolute atomic E-state index is 0.567. The zero-order valence-corrected chi connectivity index (χ0v) is 13.5. The van der Waals surface area contributed by atoms with Crippen LogP contribution in [0.4, 0.5) is 17.3 Å². The third kappa shape index (κ3) is 4.17. The third-order valence-electron chi connectivity index (χ3n) is 2.76. The maximum absolute atomic E-state index is 9.16. The third-order valence-corrected chi connectivity index (χ3v) is 3.25. The smallest absolute Gasteiger partial charge is 0.136 e. The van der Waals surface area contributed by atoms with Crippen molar-refractivity contribution in [1.82, 2.24) is 9.97 Å². The Morgan fingerprint density at radius 3 is 2.71 bits per heavy atom. The maximum Gasteiger partial charge on any atom is 0.136 e. The van der Waals surface area contributed by atoms with E-state index in [4.69, 9.17) is 5.26 Å². The quantitative estimate of drug-likeness (QED) is 0.857. The van der Waals surface area contributed by atoms with Crippen molar-refractivity contribution in [3.8, 4) is 6.07 Å². The number of aromatic nitrogens is 2. The predicted molar refractivity (Wildman–Crippen MR) is 87.7 cm³/mol. The number of nitrogens with zero attached hydrogens (tertiary/aromatic N) is 3. The molecule has 0 radical (unpaired) electrons. The molecule has 2 N–H and O–H groups in total. The fourth-order valence-electron chi connectivity index (χ4n) is 1.83. The zero-order valence-electron chi connectivity index (χ0n) is 11.9. The summed E-state index contributed by atoms with van der Waals surface area (Å²) in [5.41, 5.74) is 1.28. The molecule has 1 heterocycles. The lowest BCUT2D eigenvalue weighted by Gasteiger charge is -2.11. The molecular weight excluding hydrogens is 330 g/mol. The fourth-order valence-corrected chi connectivity index (χ4v) is 2.19. The number of aryl methyl sites for hydroxylation is 1. The minimum atomic E-state index is 0.567. The standard InChI is InChI=1S/C15H16BrN5/c1-3-6-18-14-8-15(20-10(2)19-14)21-13-7-12(16)5-4-11(13)9-17/h4-5,7-8H,3,6H2,1-2H3,(H2,18,19,20,21). The molecule has 0 aliphatic rings. The van der Waals surface area contributed by atoms with Crippen molar-refractivity contribution in [2.24, 2.45) is 0 Å². The van der Waals surface area contributed by atoms with E-state index in [-0.39, 0.29) is 0 Å². The van der Waals surface area contributed by atoms with Crippen LogP contribution < -0.4 is 10.6 Å². The van der Waals surface area contributed by atoms with Crippen LogP contribution in [0.2, 0.25) is 0 Å². The van der Waals surface area contributed by atoms with Crippen molar-refractivity contribution < 1.29 is 0 Å². The van der Waals surface area contributed by atoms with Gasteiger partial charge in [-0.1, -0.05) is 22.9 Å². The van der Waals surface area contributed by atoms with Crippen molar-refractivity contribution in [3.05, 3.63) is 40.1 Å². The minimum Gasteiger partial charge on any atom is -0.370 e. The highest BCUT2D eigenvalue weighted by Gasteiger charge is 2.06. The highest BCUT2D eigenvalue weighted by atomic mass is 79.9. The first kappa shape index (κ1) is 15.3. The van der Waals surface area contributed by atoms with Gasteiger partial charge in [0.05, 0.1) is 11.3 Å². The van der Waals surface area contributed by atoms with E-state index in [9.17, 15) is 0 Å². The van der Waals surface area contributed by atoms with E-state index in [0.717, 1.165) is 23.3 Å². The monoisotopic (exact) mass is 345 g/mol. The Kier molecular flexibility index (Phi) is 5.12. The second kappa shape index (κ2) is 7.04. The van der Waals surface area contributed by atoms with Gasteiger partial charge in [0, 0.05) is 17.1 Å². The Hall–Kier alpha value is -2.13. The van der Waals surface area contributed by atoms with Gasteiger partial charge in [-0.05, 0) is 31.5 Å². The highest BCUT2D eigenvalue weighted by molar-refractivity contribution is 9.10. The van der Waals surface area contributed by atoms with Crippen molar-refractivity contribution in [1.29, 1.82) is 5.26 Å². The second-order valence-electron chi connectivity index (χ2n) is 4.54. The van der Waals surface area contributed by atoms with E-state index in [1.807, 2.05) is 25.1 Å². The lowest BCUT2D eigenvalue weighted by atomic mass is 10.2. The Balaban J connectivity index is 2.29. The molecule has 5 nitrogen and oxygen atoms in total. The van der Waals surface area contributed by atoms with Crippen LogP contribution in [0.3, 0.4) is 0 Å². The molecule has 1 aromatic carbocycles. The number of hydrogen-bond acceptors (Lipinski definition) is 5. The van der Waals surface area contributed by atoms with E-state index in [2.05, 4.69) is 49.5 Å². The van der Waals surface area contributed by atoms with Crippen LogP contribution in [0.25, 0.3) is 0 Å². The van der Waals surface area contributed by atoms with E-state index in [1.165, 1.54) is 0 Å². The molecule has 6 heteroatoms. The van der Waals surface area contributed by atoms with Gasteiger partial charge in [-0.2, -0.15) is 5.26 Å². The van der Waals surface area contributed by atoms with Gasteiger partial charge in [0.2, 0.25) is 0 Å². The Morgan fingerprint density at radius 2 is 2.00 bits per heavy atom. The summed E-state index contributed by atoms with van der Waals surface area (Å²) in [5, 5.41) is 15.6. The summed E-state index contributed by atoms with van der Waals surface area (Å²) in [6.07, 6.45) is 1.02. The molecule has 0 fully saturated rings. The molecule has 0 bridgehead atoms. The van der Waals surface area contributed by atoms with E-state index in [0.29, 0.717) is 22.9 Å². The summed E-state index contributed by atoms with van der Waals surface area (Å²) in [5.74, 6) is 2.11. The SMILES string of the molecule is CCCNc1cc(Nc2cc(Br)ccc2C#N)nc(C)n1. The number of hydrogen-bond donors (Lipinski definition) is 2. The molecule has 0 unspecified atom stereocenters. The van der Waals surface area contributed by atoms with Crippen LogP contribution >= 0.6 is 15.9 Å². The molecule has 21 heavy (non-hydrogen) atoms. The zero-order chi connectivity index (χ0) is 15.2. The summed E-state index contributed by atoms with van der Waals surface area (Å²) in [7, 11) is 0. The number of nitriles is 1. The van der Waals surface area contributed by atoms with Crippen LogP contribution in [0, 0.1) is 18.3 Å². The van der Waals surface area contributed by atoms with Crippen LogP contribution in [-0.4, -0.2) is 16.5 Å². The molecule has 0 aliphatic heterocycles. The average molecular weight is 346 g/mol. The molecule has 0 aliphatic carbocycles. The van der Waals surface area contributed by atoms with Gasteiger partial charge < -0.3 is 10.6 Å². The number of benzene rings is 1. The summed E-state index contributed by atoms with van der Waals surface area (Å²) < 4.78 is 0.902. The molecule has 0 saturated carbocycles. The first-order valence-electron chi connectivity index (χ1n) is 6.68. The molecule has 0 amide bonds. The normalized spacial score (nSPS) is 10.0. The first-order chi connectivity index (χ1) is 10.1. The van der Waals surface area contributed by atoms with Crippen LogP contribution in [0.1, 0.15) is 24.7 Å². The summed E-state index contributed by atoms with van der Waals surface area (Å²) in [6.45, 7) is 4.80. The first-order valence-corrected chi connectivity index (χ1v) is 7.48. The average Bonchev–Trinajstić information content (AvgIpc) is 2.45. The number of anilines is 3. The van der Waals surface area contributed by atoms with Gasteiger partial charge in [-0.25, -0.2) is 9.97 Å². The lowest BCUT2D eigenvalue weighted by molar-refractivity contribution is 0.955. The topological polar surface area (TPSA) is 73.6 Å². The van der Waals surface area contributed by atoms with Crippen molar-refractivity contribution in [2.45, 2.75) is 20.3 Å². The van der Waals surface area contributed by atoms with Gasteiger partial charge in [-0.15, -0.1) is 0 Å². The molecule has 0 spiro atoms. The lowest BCUT2D eigenvalue weighted by Crippen LogP contribution is -2.06. The van der Waals surface area contributed by atoms with Gasteiger partial charge in [-0.3, -0.25) is 0 Å². The highest BCUT2D eigenvalue weighted by Crippen LogP contribution is 2.24. The molecule has 1 aromatic heterocycles. The van der Waals surface area contributed by atoms with E-state index < -0.39 is 0 Å². The number of nitrogens with one attached hydrogen (secondary N) is 2. The summed E-state index contributed by atoms with van der Waals surface area (Å²) >= 11 is 3.41. The summed E-state index contributed by atoms with van der Waals surface area (Å²) in [6, 6.07) is 9.46. The maximum atomic E-state index is 9.16. The van der Waals surface area contributed by atoms with E-state index >= 15 is 0 Å². The van der Waals surface area contributed by atoms with Gasteiger partial charge in [0.1, 0.15) is 23.5 Å². The van der Waals surface area contributed by atoms with Crippen LogP contribution in [0.15, 0.2) is 28.7 Å². The van der Waals surface area contributed by atoms with Gasteiger partial charge in [0.25, 0.3) is 0 Å². The second-order valence-corrected chi connectivity index (χ2v) is 5.45. The van der Waals surface area contributed by atoms with Crippen LogP contribution in [0.5, 0.6) is 0 Å². The van der Waals surface area contributed by atoms with Crippen molar-refractivity contribution in [2.75, 3.05) is 17.2 Å². The van der Waals surface area contributed by atoms with Crippen molar-refractivity contribution >= 4 is 33.3 Å². The Bertz CT molecular complexity index is 678. The van der Waals surface area contributed by atoms with E-state index in [1.54, 1.807) is 6.07 Å². The Labute approximate surface area is 132 Å². The fraction of sp³-hybridized carbons (Fsp3) is 0.267. The Morgan fingerprint density at radius 1 is 1.24 bits per heavy atom. The molecule has 2 aromatic rings.